The zero-order valence-corrected chi connectivity index (χ0v) is 19.9. The molecule has 2 atom stereocenters. The van der Waals surface area contributed by atoms with Gasteiger partial charge in [-0.3, -0.25) is 9.69 Å². The zero-order chi connectivity index (χ0) is 25.4. The lowest BCUT2D eigenvalue weighted by atomic mass is 9.70. The van der Waals surface area contributed by atoms with Gasteiger partial charge in [0.2, 0.25) is 0 Å². The Bertz CT molecular complexity index is 1020. The lowest BCUT2D eigenvalue weighted by Crippen LogP contribution is -2.53. The van der Waals surface area contributed by atoms with E-state index in [2.05, 4.69) is 0 Å². The second kappa shape index (κ2) is 9.64. The number of nitrogens with zero attached hydrogens (tertiary/aromatic N) is 1. The number of benzene rings is 2. The maximum absolute atomic E-state index is 13.2. The van der Waals surface area contributed by atoms with Crippen LogP contribution in [-0.4, -0.2) is 60.4 Å². The topological polar surface area (TPSA) is 49.8 Å². The minimum Gasteiger partial charge on any atom is -0.390 e. The van der Waals surface area contributed by atoms with Crippen molar-refractivity contribution in [3.05, 3.63) is 71.0 Å². The second-order valence-electron chi connectivity index (χ2n) is 10.4. The molecule has 0 aliphatic carbocycles. The Morgan fingerprint density at radius 3 is 2.23 bits per heavy atom. The predicted octanol–water partition coefficient (Wildman–Crippen LogP) is 4.64. The summed E-state index contributed by atoms with van der Waals surface area (Å²) in [6.45, 7) is 3.30. The van der Waals surface area contributed by atoms with E-state index in [-0.39, 0.29) is 49.6 Å². The summed E-state index contributed by atoms with van der Waals surface area (Å²) in [6, 6.07) is 13.5. The van der Waals surface area contributed by atoms with Crippen LogP contribution in [0.15, 0.2) is 48.5 Å². The van der Waals surface area contributed by atoms with Gasteiger partial charge in [0.15, 0.2) is 5.78 Å². The molecule has 4 nitrogen and oxygen atoms in total. The number of piperidine rings is 1. The van der Waals surface area contributed by atoms with Crippen LogP contribution in [0, 0.1) is 11.7 Å². The highest BCUT2D eigenvalue weighted by atomic mass is 19.4. The van der Waals surface area contributed by atoms with Gasteiger partial charge >= 0.3 is 6.18 Å². The van der Waals surface area contributed by atoms with E-state index in [1.54, 1.807) is 26.0 Å². The summed E-state index contributed by atoms with van der Waals surface area (Å²) in [6.07, 6.45) is -3.61. The first kappa shape index (κ1) is 25.8. The van der Waals surface area contributed by atoms with Gasteiger partial charge in [-0.15, -0.1) is 0 Å². The highest BCUT2D eigenvalue weighted by Crippen LogP contribution is 2.41. The number of rotatable bonds is 7. The number of ketones is 1. The molecule has 0 radical (unpaired) electrons. The minimum atomic E-state index is -4.28. The third-order valence-electron chi connectivity index (χ3n) is 7.41. The summed E-state index contributed by atoms with van der Waals surface area (Å²) in [4.78, 5) is 14.6. The molecule has 190 valence electrons. The summed E-state index contributed by atoms with van der Waals surface area (Å²) in [5, 5.41) is 10.8. The first-order valence-corrected chi connectivity index (χ1v) is 11.8. The minimum absolute atomic E-state index is 0.00191. The van der Waals surface area contributed by atoms with Crippen molar-refractivity contribution in [3.63, 3.8) is 0 Å². The molecule has 8 heteroatoms. The van der Waals surface area contributed by atoms with Gasteiger partial charge in [-0.1, -0.05) is 36.4 Å². The number of carbonyl (C=O) groups is 1. The van der Waals surface area contributed by atoms with Gasteiger partial charge in [-0.05, 0) is 61.6 Å². The number of carbonyl (C=O) groups excluding carboxylic acids is 1. The number of hydrogen-bond acceptors (Lipinski definition) is 4. The van der Waals surface area contributed by atoms with Gasteiger partial charge in [0.1, 0.15) is 11.2 Å². The van der Waals surface area contributed by atoms with Crippen LogP contribution in [-0.2, 0) is 21.4 Å². The maximum Gasteiger partial charge on any atom is 0.401 e. The van der Waals surface area contributed by atoms with E-state index >= 15 is 0 Å². The molecule has 0 aromatic heterocycles. The smallest absolute Gasteiger partial charge is 0.390 e. The van der Waals surface area contributed by atoms with Crippen LogP contribution in [0.3, 0.4) is 0 Å². The highest BCUT2D eigenvalue weighted by molar-refractivity contribution is 5.93. The first-order valence-electron chi connectivity index (χ1n) is 11.8. The molecule has 2 unspecified atom stereocenters. The Kier molecular flexibility index (Phi) is 7.10. The normalized spacial score (nSPS) is 23.1. The van der Waals surface area contributed by atoms with Crippen molar-refractivity contribution in [1.29, 1.82) is 0 Å². The van der Waals surface area contributed by atoms with Crippen molar-refractivity contribution in [2.24, 2.45) is 5.92 Å². The standard InChI is InChI=1S/C27H31F4NO3/c1-25(2,34)23-14-32(15-27(29,30)31)12-11-22(23)19-5-7-20(8-6-19)26(16-35-17-26)24(33)13-18-3-9-21(28)10-4-18/h3-10,22-23,34H,11-17H2,1-2H3. The summed E-state index contributed by atoms with van der Waals surface area (Å²) in [5.41, 5.74) is 0.584. The highest BCUT2D eigenvalue weighted by Gasteiger charge is 2.47. The molecular weight excluding hydrogens is 462 g/mol. The van der Waals surface area contributed by atoms with E-state index < -0.39 is 23.7 Å². The molecule has 2 saturated heterocycles. The molecule has 2 fully saturated rings. The molecular formula is C27H31F4NO3. The van der Waals surface area contributed by atoms with Crippen LogP contribution in [0.5, 0.6) is 0 Å². The van der Waals surface area contributed by atoms with Crippen LogP contribution in [0.1, 0.15) is 42.9 Å². The molecule has 35 heavy (non-hydrogen) atoms. The Balaban J connectivity index is 1.52. The van der Waals surface area contributed by atoms with Crippen LogP contribution in [0.4, 0.5) is 17.6 Å². The molecule has 4 rings (SSSR count). The lowest BCUT2D eigenvalue weighted by Gasteiger charge is -2.44. The Morgan fingerprint density at radius 1 is 1.09 bits per heavy atom. The molecule has 0 spiro atoms. The molecule has 0 saturated carbocycles. The number of alkyl halides is 3. The first-order chi connectivity index (χ1) is 16.4. The van der Waals surface area contributed by atoms with E-state index in [9.17, 15) is 27.5 Å². The quantitative estimate of drug-likeness (QED) is 0.571. The van der Waals surface area contributed by atoms with E-state index in [0.29, 0.717) is 13.0 Å². The number of halogens is 4. The molecule has 2 aromatic rings. The molecule has 2 aliphatic heterocycles. The summed E-state index contributed by atoms with van der Waals surface area (Å²) in [7, 11) is 0. The Labute approximate surface area is 202 Å². The van der Waals surface area contributed by atoms with Crippen molar-refractivity contribution in [1.82, 2.24) is 4.90 Å². The number of Topliss-reactive ketones (excluding diaryl/α,β-unsaturated/α-hetero) is 1. The average molecular weight is 494 g/mol. The Hall–Kier alpha value is -2.29. The monoisotopic (exact) mass is 493 g/mol. The number of likely N-dealkylation sites (tertiary alicyclic amines) is 1. The fourth-order valence-corrected chi connectivity index (χ4v) is 5.33. The van der Waals surface area contributed by atoms with Gasteiger partial charge in [-0.2, -0.15) is 13.2 Å². The second-order valence-corrected chi connectivity index (χ2v) is 10.4. The van der Waals surface area contributed by atoms with Crippen molar-refractivity contribution in [2.45, 2.75) is 49.8 Å². The third-order valence-corrected chi connectivity index (χ3v) is 7.41. The van der Waals surface area contributed by atoms with Crippen LogP contribution in [0.25, 0.3) is 0 Å². The molecule has 2 aromatic carbocycles. The molecule has 0 bridgehead atoms. The lowest BCUT2D eigenvalue weighted by molar-refractivity contribution is -0.155. The van der Waals surface area contributed by atoms with Crippen molar-refractivity contribution in [3.8, 4) is 0 Å². The SMILES string of the molecule is CC(C)(O)C1CN(CC(F)(F)F)CCC1c1ccc(C2(C(=O)Cc3ccc(F)cc3)COC2)cc1. The number of aliphatic hydroxyl groups is 1. The van der Waals surface area contributed by atoms with E-state index in [0.717, 1.165) is 16.7 Å². The van der Waals surface area contributed by atoms with Crippen LogP contribution >= 0.6 is 0 Å². The fourth-order valence-electron chi connectivity index (χ4n) is 5.33. The summed E-state index contributed by atoms with van der Waals surface area (Å²) < 4.78 is 57.5. The Morgan fingerprint density at radius 2 is 1.71 bits per heavy atom. The molecule has 2 aliphatic rings. The zero-order valence-electron chi connectivity index (χ0n) is 19.9. The number of hydrogen-bond donors (Lipinski definition) is 1. The largest absolute Gasteiger partial charge is 0.401 e. The van der Waals surface area contributed by atoms with Gasteiger partial charge in [0.25, 0.3) is 0 Å². The van der Waals surface area contributed by atoms with Crippen LogP contribution < -0.4 is 0 Å². The van der Waals surface area contributed by atoms with Gasteiger partial charge < -0.3 is 9.84 Å². The summed E-state index contributed by atoms with van der Waals surface area (Å²) >= 11 is 0. The number of ether oxygens (including phenoxy) is 1. The maximum atomic E-state index is 13.2. The third kappa shape index (κ3) is 5.76. The van der Waals surface area contributed by atoms with E-state index in [4.69, 9.17) is 4.74 Å². The summed E-state index contributed by atoms with van der Waals surface area (Å²) in [5.74, 6) is -0.826. The van der Waals surface area contributed by atoms with Crippen molar-refractivity contribution < 1.29 is 32.2 Å². The van der Waals surface area contributed by atoms with Crippen LogP contribution in [0.2, 0.25) is 0 Å². The molecule has 0 amide bonds. The van der Waals surface area contributed by atoms with Gasteiger partial charge in [0.05, 0.1) is 25.4 Å². The van der Waals surface area contributed by atoms with E-state index in [1.165, 1.54) is 17.0 Å². The van der Waals surface area contributed by atoms with Gasteiger partial charge in [-0.25, -0.2) is 4.39 Å². The molecule has 1 N–H and O–H groups in total. The fraction of sp³-hybridized carbons (Fsp3) is 0.519. The predicted molar refractivity (Wildman–Crippen MR) is 124 cm³/mol. The van der Waals surface area contributed by atoms with Gasteiger partial charge in [0, 0.05) is 18.9 Å². The van der Waals surface area contributed by atoms with Crippen molar-refractivity contribution in [2.75, 3.05) is 32.8 Å². The average Bonchev–Trinajstić information content (AvgIpc) is 2.73. The van der Waals surface area contributed by atoms with Crippen molar-refractivity contribution >= 4 is 5.78 Å². The van der Waals surface area contributed by atoms with E-state index in [1.807, 2.05) is 24.3 Å². The molecule has 2 heterocycles.